The fourth-order valence-corrected chi connectivity index (χ4v) is 2.74. The molecule has 17 heavy (non-hydrogen) atoms. The van der Waals surface area contributed by atoms with Gasteiger partial charge in [-0.05, 0) is 37.4 Å². The predicted molar refractivity (Wildman–Crippen MR) is 68.7 cm³/mol. The first-order chi connectivity index (χ1) is 8.24. The largest absolute Gasteiger partial charge is 0.338 e. The zero-order valence-electron chi connectivity index (χ0n) is 10.3. The molecule has 0 spiro atoms. The number of carbonyl (C=O) groups is 1. The molecule has 1 saturated carbocycles. The van der Waals surface area contributed by atoms with Crippen molar-refractivity contribution in [3.8, 4) is 0 Å². The standard InChI is InChI=1S/C14H20N2O/c1-16(13-9-5-8-12(13)10-15)14(17)11-6-3-2-4-7-11/h2-4,6-7,12-13H,5,8-10,15H2,1H3. The first kappa shape index (κ1) is 12.1. The van der Waals surface area contributed by atoms with Crippen LogP contribution in [0, 0.1) is 5.92 Å². The summed E-state index contributed by atoms with van der Waals surface area (Å²) in [4.78, 5) is 14.2. The van der Waals surface area contributed by atoms with E-state index in [1.54, 1.807) is 0 Å². The van der Waals surface area contributed by atoms with Gasteiger partial charge in [0.05, 0.1) is 0 Å². The highest BCUT2D eigenvalue weighted by molar-refractivity contribution is 5.94. The van der Waals surface area contributed by atoms with Gasteiger partial charge in [-0.2, -0.15) is 0 Å². The zero-order valence-corrected chi connectivity index (χ0v) is 10.3. The summed E-state index contributed by atoms with van der Waals surface area (Å²) in [5, 5.41) is 0. The lowest BCUT2D eigenvalue weighted by Gasteiger charge is -2.29. The van der Waals surface area contributed by atoms with E-state index in [1.165, 1.54) is 6.42 Å². The van der Waals surface area contributed by atoms with Gasteiger partial charge >= 0.3 is 0 Å². The zero-order chi connectivity index (χ0) is 12.3. The average Bonchev–Trinajstić information content (AvgIpc) is 2.86. The predicted octanol–water partition coefficient (Wildman–Crippen LogP) is 1.89. The highest BCUT2D eigenvalue weighted by Gasteiger charge is 2.31. The molecule has 3 nitrogen and oxygen atoms in total. The van der Waals surface area contributed by atoms with Gasteiger partial charge in [-0.3, -0.25) is 4.79 Å². The average molecular weight is 232 g/mol. The molecule has 2 rings (SSSR count). The molecule has 0 saturated heterocycles. The number of carbonyl (C=O) groups excluding carboxylic acids is 1. The molecule has 0 radical (unpaired) electrons. The molecule has 2 atom stereocenters. The lowest BCUT2D eigenvalue weighted by Crippen LogP contribution is -2.41. The van der Waals surface area contributed by atoms with Gasteiger partial charge in [0.25, 0.3) is 5.91 Å². The van der Waals surface area contributed by atoms with Crippen LogP contribution in [-0.2, 0) is 0 Å². The molecule has 2 N–H and O–H groups in total. The van der Waals surface area contributed by atoms with Crippen molar-refractivity contribution in [2.24, 2.45) is 11.7 Å². The Morgan fingerprint density at radius 2 is 2.06 bits per heavy atom. The number of hydrogen-bond donors (Lipinski definition) is 1. The molecule has 1 aliphatic carbocycles. The van der Waals surface area contributed by atoms with E-state index in [0.717, 1.165) is 18.4 Å². The lowest BCUT2D eigenvalue weighted by atomic mass is 10.0. The third-order valence-corrected chi connectivity index (χ3v) is 3.76. The van der Waals surface area contributed by atoms with E-state index in [2.05, 4.69) is 0 Å². The van der Waals surface area contributed by atoms with Crippen LogP contribution in [0.4, 0.5) is 0 Å². The molecule has 2 unspecified atom stereocenters. The Bertz CT molecular complexity index is 377. The van der Waals surface area contributed by atoms with E-state index < -0.39 is 0 Å². The van der Waals surface area contributed by atoms with Gasteiger partial charge in [0.15, 0.2) is 0 Å². The van der Waals surface area contributed by atoms with Gasteiger partial charge in [0.1, 0.15) is 0 Å². The number of nitrogens with two attached hydrogens (primary N) is 1. The van der Waals surface area contributed by atoms with Gasteiger partial charge in [0, 0.05) is 18.7 Å². The first-order valence-corrected chi connectivity index (χ1v) is 6.26. The lowest BCUT2D eigenvalue weighted by molar-refractivity contribution is 0.0700. The molecule has 1 aromatic carbocycles. The van der Waals surface area contributed by atoms with Crippen LogP contribution in [0.2, 0.25) is 0 Å². The third-order valence-electron chi connectivity index (χ3n) is 3.76. The van der Waals surface area contributed by atoms with E-state index in [0.29, 0.717) is 18.5 Å². The van der Waals surface area contributed by atoms with Crippen LogP contribution in [0.3, 0.4) is 0 Å². The van der Waals surface area contributed by atoms with Gasteiger partial charge in [-0.15, -0.1) is 0 Å². The van der Waals surface area contributed by atoms with Crippen LogP contribution in [0.15, 0.2) is 30.3 Å². The SMILES string of the molecule is CN(C(=O)c1ccccc1)C1CCCC1CN. The smallest absolute Gasteiger partial charge is 0.253 e. The van der Waals surface area contributed by atoms with Crippen LogP contribution in [0.5, 0.6) is 0 Å². The maximum absolute atomic E-state index is 12.3. The number of rotatable bonds is 3. The molecule has 1 aromatic rings. The highest BCUT2D eigenvalue weighted by Crippen LogP contribution is 2.29. The summed E-state index contributed by atoms with van der Waals surface area (Å²) in [6.45, 7) is 0.678. The van der Waals surface area contributed by atoms with Crippen LogP contribution >= 0.6 is 0 Å². The molecule has 0 heterocycles. The number of hydrogen-bond acceptors (Lipinski definition) is 2. The minimum atomic E-state index is 0.107. The van der Waals surface area contributed by atoms with Gasteiger partial charge < -0.3 is 10.6 Å². The molecule has 1 amide bonds. The van der Waals surface area contributed by atoms with Crippen LogP contribution in [-0.4, -0.2) is 30.4 Å². The summed E-state index contributed by atoms with van der Waals surface area (Å²) in [5.74, 6) is 0.573. The van der Waals surface area contributed by atoms with Crippen LogP contribution < -0.4 is 5.73 Å². The Balaban J connectivity index is 2.10. The summed E-state index contributed by atoms with van der Waals surface area (Å²) in [6.07, 6.45) is 3.41. The fourth-order valence-electron chi connectivity index (χ4n) is 2.74. The molecule has 0 aliphatic heterocycles. The molecule has 92 valence electrons. The van der Waals surface area contributed by atoms with Crippen molar-refractivity contribution in [3.05, 3.63) is 35.9 Å². The number of nitrogens with zero attached hydrogens (tertiary/aromatic N) is 1. The summed E-state index contributed by atoms with van der Waals surface area (Å²) >= 11 is 0. The van der Waals surface area contributed by atoms with E-state index in [9.17, 15) is 4.79 Å². The molecule has 1 aliphatic rings. The van der Waals surface area contributed by atoms with Crippen molar-refractivity contribution in [3.63, 3.8) is 0 Å². The van der Waals surface area contributed by atoms with E-state index >= 15 is 0 Å². The molecule has 3 heteroatoms. The minimum absolute atomic E-state index is 0.107. The Morgan fingerprint density at radius 3 is 2.71 bits per heavy atom. The molecular weight excluding hydrogens is 212 g/mol. The van der Waals surface area contributed by atoms with Gasteiger partial charge in [-0.1, -0.05) is 24.6 Å². The van der Waals surface area contributed by atoms with Gasteiger partial charge in [-0.25, -0.2) is 0 Å². The summed E-state index contributed by atoms with van der Waals surface area (Å²) in [6, 6.07) is 9.77. The normalized spacial score (nSPS) is 23.6. The van der Waals surface area contributed by atoms with Crippen molar-refractivity contribution in [2.75, 3.05) is 13.6 Å². The molecule has 0 aromatic heterocycles. The Labute approximate surface area is 103 Å². The first-order valence-electron chi connectivity index (χ1n) is 6.26. The van der Waals surface area contributed by atoms with Crippen molar-refractivity contribution < 1.29 is 4.79 Å². The topological polar surface area (TPSA) is 46.3 Å². The van der Waals surface area contributed by atoms with Crippen LogP contribution in [0.1, 0.15) is 29.6 Å². The van der Waals surface area contributed by atoms with Crippen molar-refractivity contribution >= 4 is 5.91 Å². The fraction of sp³-hybridized carbons (Fsp3) is 0.500. The minimum Gasteiger partial charge on any atom is -0.338 e. The Kier molecular flexibility index (Phi) is 3.79. The maximum Gasteiger partial charge on any atom is 0.253 e. The molecule has 1 fully saturated rings. The number of amides is 1. The van der Waals surface area contributed by atoms with E-state index in [1.807, 2.05) is 42.3 Å². The van der Waals surface area contributed by atoms with Crippen molar-refractivity contribution in [1.29, 1.82) is 0 Å². The summed E-state index contributed by atoms with van der Waals surface area (Å²) in [7, 11) is 1.90. The summed E-state index contributed by atoms with van der Waals surface area (Å²) in [5.41, 5.74) is 6.52. The number of benzene rings is 1. The second-order valence-corrected chi connectivity index (χ2v) is 4.78. The Hall–Kier alpha value is -1.35. The second-order valence-electron chi connectivity index (χ2n) is 4.78. The summed E-state index contributed by atoms with van der Waals surface area (Å²) < 4.78 is 0. The molecule has 0 bridgehead atoms. The van der Waals surface area contributed by atoms with Crippen LogP contribution in [0.25, 0.3) is 0 Å². The molecular formula is C14H20N2O. The third kappa shape index (κ3) is 2.50. The van der Waals surface area contributed by atoms with E-state index in [4.69, 9.17) is 5.73 Å². The van der Waals surface area contributed by atoms with Gasteiger partial charge in [0.2, 0.25) is 0 Å². The quantitative estimate of drug-likeness (QED) is 0.865. The highest BCUT2D eigenvalue weighted by atomic mass is 16.2. The maximum atomic E-state index is 12.3. The Morgan fingerprint density at radius 1 is 1.35 bits per heavy atom. The van der Waals surface area contributed by atoms with Crippen molar-refractivity contribution in [2.45, 2.75) is 25.3 Å². The van der Waals surface area contributed by atoms with E-state index in [-0.39, 0.29) is 5.91 Å². The second kappa shape index (κ2) is 5.32. The van der Waals surface area contributed by atoms with Crippen molar-refractivity contribution in [1.82, 2.24) is 4.90 Å². The monoisotopic (exact) mass is 232 g/mol.